The molecule has 7 nitrogen and oxygen atoms in total. The van der Waals surface area contributed by atoms with Crippen LogP contribution in [-0.2, 0) is 20.9 Å². The van der Waals surface area contributed by atoms with Crippen molar-refractivity contribution in [3.05, 3.63) is 35.9 Å². The van der Waals surface area contributed by atoms with Crippen molar-refractivity contribution in [2.24, 2.45) is 0 Å². The molecule has 1 atom stereocenters. The summed E-state index contributed by atoms with van der Waals surface area (Å²) in [6, 6.07) is 8.44. The second kappa shape index (κ2) is 9.89. The molecule has 0 aliphatic rings. The van der Waals surface area contributed by atoms with Crippen LogP contribution in [0, 0.1) is 0 Å². The lowest BCUT2D eigenvalue weighted by atomic mass is 10.2. The number of aliphatic hydroxyl groups is 1. The lowest BCUT2D eigenvalue weighted by molar-refractivity contribution is -0.148. The zero-order valence-corrected chi connectivity index (χ0v) is 14.4. The second-order valence-electron chi connectivity index (χ2n) is 6.21. The minimum atomic E-state index is -0.839. The molecule has 0 radical (unpaired) electrons. The molecule has 0 bridgehead atoms. The first-order valence-electron chi connectivity index (χ1n) is 7.83. The summed E-state index contributed by atoms with van der Waals surface area (Å²) in [6.45, 7) is 5.64. The largest absolute Gasteiger partial charge is 0.460 e. The number of rotatable bonds is 8. The van der Waals surface area contributed by atoms with Crippen LogP contribution in [0.2, 0.25) is 0 Å². The molecule has 1 rings (SSSR count). The average Bonchev–Trinajstić information content (AvgIpc) is 2.52. The highest BCUT2D eigenvalue weighted by Gasteiger charge is 2.19. The van der Waals surface area contributed by atoms with Gasteiger partial charge in [0.05, 0.1) is 6.61 Å². The van der Waals surface area contributed by atoms with Crippen LogP contribution >= 0.6 is 0 Å². The summed E-state index contributed by atoms with van der Waals surface area (Å²) in [5.41, 5.74) is 0.306. The molecule has 7 heteroatoms. The molecule has 3 N–H and O–H groups in total. The SMILES string of the molecule is CC(C)(C)OC(=O)NCCNC(CO)C(=O)OCc1ccccc1. The van der Waals surface area contributed by atoms with Crippen LogP contribution in [0.4, 0.5) is 4.79 Å². The van der Waals surface area contributed by atoms with Crippen LogP contribution in [0.3, 0.4) is 0 Å². The summed E-state index contributed by atoms with van der Waals surface area (Å²) in [5, 5.41) is 14.7. The van der Waals surface area contributed by atoms with Gasteiger partial charge in [-0.1, -0.05) is 30.3 Å². The van der Waals surface area contributed by atoms with Crippen LogP contribution in [0.25, 0.3) is 0 Å². The van der Waals surface area contributed by atoms with Gasteiger partial charge in [0.25, 0.3) is 0 Å². The van der Waals surface area contributed by atoms with Gasteiger partial charge in [0.1, 0.15) is 18.2 Å². The fraction of sp³-hybridized carbons (Fsp3) is 0.529. The maximum absolute atomic E-state index is 11.9. The molecule has 0 saturated heterocycles. The minimum absolute atomic E-state index is 0.147. The lowest BCUT2D eigenvalue weighted by Gasteiger charge is -2.20. The van der Waals surface area contributed by atoms with E-state index in [1.165, 1.54) is 0 Å². The zero-order valence-electron chi connectivity index (χ0n) is 14.4. The van der Waals surface area contributed by atoms with Crippen molar-refractivity contribution in [2.75, 3.05) is 19.7 Å². The smallest absolute Gasteiger partial charge is 0.407 e. The number of carbonyl (C=O) groups excluding carboxylic acids is 2. The summed E-state index contributed by atoms with van der Waals surface area (Å²) < 4.78 is 10.2. The topological polar surface area (TPSA) is 96.9 Å². The lowest BCUT2D eigenvalue weighted by Crippen LogP contribution is -2.44. The quantitative estimate of drug-likeness (QED) is 0.487. The first-order valence-corrected chi connectivity index (χ1v) is 7.83. The number of nitrogens with one attached hydrogen (secondary N) is 2. The molecule has 1 amide bonds. The molecule has 0 saturated carbocycles. The molecule has 0 aromatic heterocycles. The van der Waals surface area contributed by atoms with E-state index in [1.807, 2.05) is 30.3 Å². The van der Waals surface area contributed by atoms with Crippen molar-refractivity contribution in [3.63, 3.8) is 0 Å². The van der Waals surface area contributed by atoms with Crippen molar-refractivity contribution in [3.8, 4) is 0 Å². The summed E-state index contributed by atoms with van der Waals surface area (Å²) in [6.07, 6.45) is -0.531. The number of benzene rings is 1. The van der Waals surface area contributed by atoms with E-state index in [-0.39, 0.29) is 19.8 Å². The van der Waals surface area contributed by atoms with Gasteiger partial charge >= 0.3 is 12.1 Å². The molecule has 24 heavy (non-hydrogen) atoms. The molecule has 1 aromatic carbocycles. The molecule has 0 aliphatic carbocycles. The van der Waals surface area contributed by atoms with Gasteiger partial charge in [-0.15, -0.1) is 0 Å². The van der Waals surface area contributed by atoms with E-state index < -0.39 is 23.7 Å². The van der Waals surface area contributed by atoms with E-state index in [0.717, 1.165) is 5.56 Å². The summed E-state index contributed by atoms with van der Waals surface area (Å²) in [4.78, 5) is 23.4. The van der Waals surface area contributed by atoms with Crippen LogP contribution in [0.15, 0.2) is 30.3 Å². The highest BCUT2D eigenvalue weighted by molar-refractivity contribution is 5.76. The van der Waals surface area contributed by atoms with E-state index >= 15 is 0 Å². The Morgan fingerprint density at radius 2 is 1.83 bits per heavy atom. The van der Waals surface area contributed by atoms with Gasteiger partial charge in [-0.05, 0) is 26.3 Å². The van der Waals surface area contributed by atoms with Crippen LogP contribution in [0.1, 0.15) is 26.3 Å². The fourth-order valence-corrected chi connectivity index (χ4v) is 1.78. The highest BCUT2D eigenvalue weighted by atomic mass is 16.6. The number of esters is 1. The molecule has 0 heterocycles. The van der Waals surface area contributed by atoms with E-state index in [1.54, 1.807) is 20.8 Å². The third kappa shape index (κ3) is 8.50. The Kier molecular flexibility index (Phi) is 8.21. The number of amides is 1. The molecule has 1 aromatic rings. The molecule has 0 fully saturated rings. The van der Waals surface area contributed by atoms with Crippen LogP contribution < -0.4 is 10.6 Å². The normalized spacial score (nSPS) is 12.3. The molecule has 134 valence electrons. The Morgan fingerprint density at radius 3 is 2.42 bits per heavy atom. The second-order valence-corrected chi connectivity index (χ2v) is 6.21. The van der Waals surface area contributed by atoms with Crippen molar-refractivity contribution in [2.45, 2.75) is 39.0 Å². The molecule has 1 unspecified atom stereocenters. The van der Waals surface area contributed by atoms with Gasteiger partial charge in [-0.2, -0.15) is 0 Å². The predicted molar refractivity (Wildman–Crippen MR) is 89.4 cm³/mol. The number of ether oxygens (including phenoxy) is 2. The van der Waals surface area contributed by atoms with Crippen LogP contribution in [0.5, 0.6) is 0 Å². The third-order valence-corrected chi connectivity index (χ3v) is 2.87. The van der Waals surface area contributed by atoms with Crippen LogP contribution in [-0.4, -0.2) is 48.5 Å². The minimum Gasteiger partial charge on any atom is -0.460 e. The van der Waals surface area contributed by atoms with Gasteiger partial charge in [0.15, 0.2) is 0 Å². The standard InChI is InChI=1S/C17H26N2O5/c1-17(2,3)24-16(22)19-10-9-18-14(11-20)15(21)23-12-13-7-5-4-6-8-13/h4-8,14,18,20H,9-12H2,1-3H3,(H,19,22). The maximum Gasteiger partial charge on any atom is 0.407 e. The van der Waals surface area contributed by atoms with Gasteiger partial charge < -0.3 is 25.2 Å². The Balaban J connectivity index is 2.26. The number of hydrogen-bond donors (Lipinski definition) is 3. The summed E-state index contributed by atoms with van der Waals surface area (Å²) in [5.74, 6) is -0.543. The maximum atomic E-state index is 11.9. The van der Waals surface area contributed by atoms with Crippen molar-refractivity contribution < 1.29 is 24.2 Å². The molecular weight excluding hydrogens is 312 g/mol. The first kappa shape index (κ1) is 19.9. The Hall–Kier alpha value is -2.12. The Bertz CT molecular complexity index is 513. The third-order valence-electron chi connectivity index (χ3n) is 2.87. The van der Waals surface area contributed by atoms with E-state index in [0.29, 0.717) is 6.54 Å². The van der Waals surface area contributed by atoms with E-state index in [4.69, 9.17) is 9.47 Å². The first-order chi connectivity index (χ1) is 11.3. The zero-order chi connectivity index (χ0) is 18.0. The van der Waals surface area contributed by atoms with Gasteiger partial charge in [-0.25, -0.2) is 4.79 Å². The molecule has 0 spiro atoms. The van der Waals surface area contributed by atoms with Gasteiger partial charge in [0.2, 0.25) is 0 Å². The van der Waals surface area contributed by atoms with Gasteiger partial charge in [-0.3, -0.25) is 4.79 Å². The molecule has 0 aliphatic heterocycles. The Labute approximate surface area is 142 Å². The summed E-state index contributed by atoms with van der Waals surface area (Å²) >= 11 is 0. The average molecular weight is 338 g/mol. The number of aliphatic hydroxyl groups excluding tert-OH is 1. The Morgan fingerprint density at radius 1 is 1.17 bits per heavy atom. The van der Waals surface area contributed by atoms with E-state index in [2.05, 4.69) is 10.6 Å². The van der Waals surface area contributed by atoms with E-state index in [9.17, 15) is 14.7 Å². The number of alkyl carbamates (subject to hydrolysis) is 1. The highest BCUT2D eigenvalue weighted by Crippen LogP contribution is 2.06. The molecular formula is C17H26N2O5. The monoisotopic (exact) mass is 338 g/mol. The fourth-order valence-electron chi connectivity index (χ4n) is 1.78. The number of hydrogen-bond acceptors (Lipinski definition) is 6. The summed E-state index contributed by atoms with van der Waals surface area (Å²) in [7, 11) is 0. The predicted octanol–water partition coefficient (Wildman–Crippen LogP) is 1.21. The van der Waals surface area contributed by atoms with Gasteiger partial charge in [0, 0.05) is 13.1 Å². The van der Waals surface area contributed by atoms with Crippen molar-refractivity contribution >= 4 is 12.1 Å². The number of carbonyl (C=O) groups is 2. The van der Waals surface area contributed by atoms with Crippen molar-refractivity contribution in [1.82, 2.24) is 10.6 Å². The van der Waals surface area contributed by atoms with Crippen molar-refractivity contribution in [1.29, 1.82) is 0 Å².